The van der Waals surface area contributed by atoms with Crippen molar-refractivity contribution >= 4 is 50.9 Å². The van der Waals surface area contributed by atoms with Crippen molar-refractivity contribution in [3.8, 4) is 0 Å². The number of nitrogens with one attached hydrogen (secondary N) is 2. The average molecular weight is 480 g/mol. The van der Waals surface area contributed by atoms with Crippen LogP contribution < -0.4 is 5.32 Å². The standard InChI is InChI=1S/C24H16Cl2FN5O/c25-17-5-14-3-13(1-2-22(14)28-11-17)4-18-6-16(10-31-32-18)24(33)30-9-15-7-19-20(26)12-29-23(19)8-21(15)27/h1-3,5-8,10-12,29H,4,9H2,(H,30,33). The number of hydrogen-bond donors (Lipinski definition) is 2. The Morgan fingerprint density at radius 2 is 1.97 bits per heavy atom. The molecule has 0 saturated heterocycles. The van der Waals surface area contributed by atoms with E-state index < -0.39 is 5.82 Å². The van der Waals surface area contributed by atoms with E-state index in [-0.39, 0.29) is 12.5 Å². The van der Waals surface area contributed by atoms with Crippen LogP contribution in [0.5, 0.6) is 0 Å². The van der Waals surface area contributed by atoms with E-state index in [2.05, 4.69) is 25.5 Å². The van der Waals surface area contributed by atoms with Gasteiger partial charge in [-0.1, -0.05) is 29.3 Å². The smallest absolute Gasteiger partial charge is 0.253 e. The van der Waals surface area contributed by atoms with E-state index in [1.165, 1.54) is 12.3 Å². The number of rotatable bonds is 5. The minimum atomic E-state index is -0.430. The molecule has 0 aliphatic carbocycles. The van der Waals surface area contributed by atoms with E-state index in [1.807, 2.05) is 24.3 Å². The number of H-pyrrole nitrogens is 1. The summed E-state index contributed by atoms with van der Waals surface area (Å²) in [6.45, 7) is 0.0121. The van der Waals surface area contributed by atoms with Crippen molar-refractivity contribution < 1.29 is 9.18 Å². The molecule has 33 heavy (non-hydrogen) atoms. The molecule has 2 aromatic carbocycles. The van der Waals surface area contributed by atoms with Gasteiger partial charge in [-0.15, -0.1) is 0 Å². The van der Waals surface area contributed by atoms with Gasteiger partial charge in [0.1, 0.15) is 5.82 Å². The second-order valence-corrected chi connectivity index (χ2v) is 8.45. The summed E-state index contributed by atoms with van der Waals surface area (Å²) in [5, 5.41) is 13.5. The van der Waals surface area contributed by atoms with E-state index in [9.17, 15) is 9.18 Å². The third-order valence-electron chi connectivity index (χ3n) is 5.30. The molecule has 0 atom stereocenters. The van der Waals surface area contributed by atoms with E-state index in [0.717, 1.165) is 16.5 Å². The first-order valence-electron chi connectivity index (χ1n) is 10.1. The summed E-state index contributed by atoms with van der Waals surface area (Å²) in [5.41, 5.74) is 3.73. The summed E-state index contributed by atoms with van der Waals surface area (Å²) in [7, 11) is 0. The van der Waals surface area contributed by atoms with Crippen LogP contribution in [0.2, 0.25) is 10.0 Å². The fourth-order valence-electron chi connectivity index (χ4n) is 3.66. The van der Waals surface area contributed by atoms with Gasteiger partial charge in [0.15, 0.2) is 0 Å². The Hall–Kier alpha value is -3.55. The van der Waals surface area contributed by atoms with Gasteiger partial charge in [0, 0.05) is 47.2 Å². The zero-order chi connectivity index (χ0) is 22.9. The molecule has 0 radical (unpaired) electrons. The van der Waals surface area contributed by atoms with E-state index in [1.54, 1.807) is 24.5 Å². The third-order valence-corrected chi connectivity index (χ3v) is 5.82. The van der Waals surface area contributed by atoms with Gasteiger partial charge in [0.2, 0.25) is 0 Å². The number of hydrogen-bond acceptors (Lipinski definition) is 4. The molecule has 9 heteroatoms. The molecule has 5 aromatic rings. The summed E-state index contributed by atoms with van der Waals surface area (Å²) in [6.07, 6.45) is 5.06. The number of fused-ring (bicyclic) bond motifs is 2. The molecule has 0 bridgehead atoms. The molecular weight excluding hydrogens is 464 g/mol. The van der Waals surface area contributed by atoms with Crippen LogP contribution in [0, 0.1) is 5.82 Å². The van der Waals surface area contributed by atoms with Crippen LogP contribution in [-0.2, 0) is 13.0 Å². The normalized spacial score (nSPS) is 11.2. The molecule has 3 aromatic heterocycles. The Kier molecular flexibility index (Phi) is 5.66. The summed E-state index contributed by atoms with van der Waals surface area (Å²) in [4.78, 5) is 19.9. The largest absolute Gasteiger partial charge is 0.360 e. The lowest BCUT2D eigenvalue weighted by atomic mass is 10.1. The van der Waals surface area contributed by atoms with Gasteiger partial charge >= 0.3 is 0 Å². The molecule has 1 amide bonds. The van der Waals surface area contributed by atoms with Gasteiger partial charge in [0.05, 0.1) is 33.0 Å². The van der Waals surface area contributed by atoms with Crippen LogP contribution in [-0.4, -0.2) is 26.1 Å². The molecule has 0 aliphatic rings. The van der Waals surface area contributed by atoms with Gasteiger partial charge < -0.3 is 10.3 Å². The van der Waals surface area contributed by atoms with Gasteiger partial charge in [-0.05, 0) is 42.0 Å². The minimum Gasteiger partial charge on any atom is -0.360 e. The van der Waals surface area contributed by atoms with Crippen molar-refractivity contribution in [3.05, 3.63) is 99.3 Å². The first-order valence-corrected chi connectivity index (χ1v) is 10.8. The Bertz CT molecular complexity index is 1520. The third kappa shape index (κ3) is 4.51. The lowest BCUT2D eigenvalue weighted by molar-refractivity contribution is 0.0950. The van der Waals surface area contributed by atoms with E-state index in [0.29, 0.717) is 44.2 Å². The van der Waals surface area contributed by atoms with Crippen molar-refractivity contribution in [2.45, 2.75) is 13.0 Å². The van der Waals surface area contributed by atoms with Gasteiger partial charge in [-0.3, -0.25) is 9.78 Å². The number of carbonyl (C=O) groups excluding carboxylic acids is 1. The maximum Gasteiger partial charge on any atom is 0.253 e. The summed E-state index contributed by atoms with van der Waals surface area (Å²) >= 11 is 12.2. The number of carbonyl (C=O) groups is 1. The lowest BCUT2D eigenvalue weighted by Crippen LogP contribution is -2.23. The Labute approximate surface area is 197 Å². The highest BCUT2D eigenvalue weighted by molar-refractivity contribution is 6.35. The van der Waals surface area contributed by atoms with Crippen molar-refractivity contribution in [2.75, 3.05) is 0 Å². The van der Waals surface area contributed by atoms with Crippen molar-refractivity contribution in [2.24, 2.45) is 0 Å². The fourth-order valence-corrected chi connectivity index (χ4v) is 4.04. The predicted molar refractivity (Wildman–Crippen MR) is 126 cm³/mol. The van der Waals surface area contributed by atoms with E-state index in [4.69, 9.17) is 23.2 Å². The number of halogens is 3. The molecule has 0 saturated carbocycles. The molecule has 0 spiro atoms. The topological polar surface area (TPSA) is 83.6 Å². The number of aromatic nitrogens is 4. The maximum absolute atomic E-state index is 14.4. The summed E-state index contributed by atoms with van der Waals surface area (Å²) in [6, 6.07) is 12.3. The highest BCUT2D eigenvalue weighted by Gasteiger charge is 2.12. The van der Waals surface area contributed by atoms with Crippen molar-refractivity contribution in [1.29, 1.82) is 0 Å². The quantitative estimate of drug-likeness (QED) is 0.349. The fraction of sp³-hybridized carbons (Fsp3) is 0.0833. The van der Waals surface area contributed by atoms with Crippen LogP contribution in [0.15, 0.2) is 61.1 Å². The van der Waals surface area contributed by atoms with Crippen molar-refractivity contribution in [3.63, 3.8) is 0 Å². The monoisotopic (exact) mass is 479 g/mol. The predicted octanol–water partition coefficient (Wildman–Crippen LogP) is 5.47. The molecule has 0 fully saturated rings. The number of aromatic amines is 1. The molecular formula is C24H16Cl2FN5O. The zero-order valence-electron chi connectivity index (χ0n) is 17.1. The van der Waals surface area contributed by atoms with Gasteiger partial charge in [-0.25, -0.2) is 4.39 Å². The Balaban J connectivity index is 1.31. The molecule has 2 N–H and O–H groups in total. The minimum absolute atomic E-state index is 0.0121. The highest BCUT2D eigenvalue weighted by Crippen LogP contribution is 2.26. The second-order valence-electron chi connectivity index (χ2n) is 7.60. The van der Waals surface area contributed by atoms with E-state index >= 15 is 0 Å². The number of pyridine rings is 1. The Morgan fingerprint density at radius 1 is 1.09 bits per heavy atom. The molecule has 6 nitrogen and oxygen atoms in total. The first-order chi connectivity index (χ1) is 16.0. The number of amides is 1. The van der Waals surface area contributed by atoms with Crippen molar-refractivity contribution in [1.82, 2.24) is 25.5 Å². The zero-order valence-corrected chi connectivity index (χ0v) is 18.6. The average Bonchev–Trinajstić information content (AvgIpc) is 3.16. The Morgan fingerprint density at radius 3 is 2.85 bits per heavy atom. The SMILES string of the molecule is O=C(NCc1cc2c(Cl)c[nH]c2cc1F)c1cnnc(Cc2ccc3ncc(Cl)cc3c2)c1. The summed E-state index contributed by atoms with van der Waals surface area (Å²) in [5.74, 6) is -0.805. The highest BCUT2D eigenvalue weighted by atomic mass is 35.5. The molecule has 164 valence electrons. The number of benzene rings is 2. The van der Waals surface area contributed by atoms with Gasteiger partial charge in [0.25, 0.3) is 5.91 Å². The van der Waals surface area contributed by atoms with Crippen LogP contribution >= 0.6 is 23.2 Å². The molecule has 3 heterocycles. The molecule has 0 aliphatic heterocycles. The van der Waals surface area contributed by atoms with Crippen LogP contribution in [0.3, 0.4) is 0 Å². The molecule has 5 rings (SSSR count). The maximum atomic E-state index is 14.4. The van der Waals surface area contributed by atoms with Gasteiger partial charge in [-0.2, -0.15) is 10.2 Å². The number of nitrogens with zero attached hydrogens (tertiary/aromatic N) is 3. The molecule has 0 unspecified atom stereocenters. The van der Waals surface area contributed by atoms with Crippen LogP contribution in [0.4, 0.5) is 4.39 Å². The van der Waals surface area contributed by atoms with Crippen LogP contribution in [0.1, 0.15) is 27.2 Å². The first kappa shape index (κ1) is 21.3. The van der Waals surface area contributed by atoms with Crippen LogP contribution in [0.25, 0.3) is 21.8 Å². The lowest BCUT2D eigenvalue weighted by Gasteiger charge is -2.08. The summed E-state index contributed by atoms with van der Waals surface area (Å²) < 4.78 is 14.4. The second kappa shape index (κ2) is 8.77.